The summed E-state index contributed by atoms with van der Waals surface area (Å²) in [5.74, 6) is -1.73. The van der Waals surface area contributed by atoms with Crippen LogP contribution in [0.5, 0.6) is 0 Å². The number of ether oxygens (including phenoxy) is 1. The minimum atomic E-state index is -0.856. The topological polar surface area (TPSA) is 67.4 Å². The van der Waals surface area contributed by atoms with Crippen molar-refractivity contribution < 1.29 is 23.1 Å². The first-order chi connectivity index (χ1) is 13.6. The highest BCUT2D eigenvalue weighted by Gasteiger charge is 2.24. The smallest absolute Gasteiger partial charge is 0.408 e. The maximum Gasteiger partial charge on any atom is 0.408 e. The number of benzene rings is 2. The van der Waals surface area contributed by atoms with Crippen molar-refractivity contribution in [2.24, 2.45) is 0 Å². The molecule has 0 aliphatic carbocycles. The molecular formula is C22H26F2N2O3. The van der Waals surface area contributed by atoms with E-state index < -0.39 is 35.3 Å². The standard InChI is InChI=1S/C22H26F2N2O3/c1-22(2,3)29-21(28)26-19(13-15-7-5-4-6-8-15)20(27)25-12-11-16-9-10-17(23)14-18(16)24/h4-10,14,19H,11-13H2,1-3H3,(H,25,27)(H,26,28)/t19-/m0/s1. The maximum atomic E-state index is 13.7. The first-order valence-electron chi connectivity index (χ1n) is 9.39. The van der Waals surface area contributed by atoms with Crippen LogP contribution in [0.15, 0.2) is 48.5 Å². The van der Waals surface area contributed by atoms with Gasteiger partial charge in [-0.2, -0.15) is 0 Å². The van der Waals surface area contributed by atoms with Crippen LogP contribution in [-0.2, 0) is 22.4 Å². The highest BCUT2D eigenvalue weighted by Crippen LogP contribution is 2.11. The largest absolute Gasteiger partial charge is 0.444 e. The molecule has 156 valence electrons. The highest BCUT2D eigenvalue weighted by molar-refractivity contribution is 5.86. The minimum Gasteiger partial charge on any atom is -0.444 e. The molecule has 0 aliphatic heterocycles. The van der Waals surface area contributed by atoms with Crippen LogP contribution in [0.1, 0.15) is 31.9 Å². The van der Waals surface area contributed by atoms with Gasteiger partial charge in [-0.15, -0.1) is 0 Å². The Kier molecular flexibility index (Phi) is 7.70. The third kappa shape index (κ3) is 7.89. The molecule has 0 spiro atoms. The molecule has 0 bridgehead atoms. The molecule has 2 rings (SSSR count). The number of amides is 2. The van der Waals surface area contributed by atoms with Gasteiger partial charge < -0.3 is 15.4 Å². The quantitative estimate of drug-likeness (QED) is 0.738. The van der Waals surface area contributed by atoms with Crippen LogP contribution in [0.4, 0.5) is 13.6 Å². The fourth-order valence-corrected chi connectivity index (χ4v) is 2.68. The van der Waals surface area contributed by atoms with Gasteiger partial charge in [0, 0.05) is 19.0 Å². The van der Waals surface area contributed by atoms with Gasteiger partial charge in [0.1, 0.15) is 23.3 Å². The number of rotatable bonds is 7. The number of carbonyl (C=O) groups is 2. The predicted octanol–water partition coefficient (Wildman–Crippen LogP) is 3.76. The van der Waals surface area contributed by atoms with Gasteiger partial charge in [0.2, 0.25) is 5.91 Å². The van der Waals surface area contributed by atoms with Gasteiger partial charge in [0.15, 0.2) is 0 Å². The average molecular weight is 404 g/mol. The number of hydrogen-bond acceptors (Lipinski definition) is 3. The lowest BCUT2D eigenvalue weighted by Gasteiger charge is -2.23. The molecule has 1 atom stereocenters. The molecule has 5 nitrogen and oxygen atoms in total. The molecule has 0 radical (unpaired) electrons. The summed E-state index contributed by atoms with van der Waals surface area (Å²) < 4.78 is 32.0. The van der Waals surface area contributed by atoms with E-state index in [4.69, 9.17) is 4.74 Å². The maximum absolute atomic E-state index is 13.7. The average Bonchev–Trinajstić information content (AvgIpc) is 2.62. The van der Waals surface area contributed by atoms with Gasteiger partial charge >= 0.3 is 6.09 Å². The second-order valence-corrected chi connectivity index (χ2v) is 7.67. The second-order valence-electron chi connectivity index (χ2n) is 7.67. The van der Waals surface area contributed by atoms with Crippen LogP contribution in [0, 0.1) is 11.6 Å². The Bertz CT molecular complexity index is 836. The normalized spacial score (nSPS) is 12.2. The lowest BCUT2D eigenvalue weighted by atomic mass is 10.1. The van der Waals surface area contributed by atoms with Crippen molar-refractivity contribution in [3.8, 4) is 0 Å². The SMILES string of the molecule is CC(C)(C)OC(=O)N[C@@H](Cc1ccccc1)C(=O)NCCc1ccc(F)cc1F. The van der Waals surface area contributed by atoms with E-state index >= 15 is 0 Å². The van der Waals surface area contributed by atoms with Crippen molar-refractivity contribution in [2.45, 2.75) is 45.3 Å². The number of halogens is 2. The summed E-state index contributed by atoms with van der Waals surface area (Å²) in [5, 5.41) is 5.28. The molecule has 0 heterocycles. The van der Waals surface area contributed by atoms with E-state index in [0.29, 0.717) is 5.56 Å². The van der Waals surface area contributed by atoms with Crippen molar-refractivity contribution in [2.75, 3.05) is 6.54 Å². The fraction of sp³-hybridized carbons (Fsp3) is 0.364. The molecule has 0 aliphatic rings. The summed E-state index contributed by atoms with van der Waals surface area (Å²) >= 11 is 0. The molecule has 0 fully saturated rings. The van der Waals surface area contributed by atoms with Crippen LogP contribution in [0.2, 0.25) is 0 Å². The van der Waals surface area contributed by atoms with Crippen LogP contribution >= 0.6 is 0 Å². The molecule has 2 aromatic rings. The van der Waals surface area contributed by atoms with Crippen molar-refractivity contribution in [3.05, 3.63) is 71.3 Å². The Morgan fingerprint density at radius 2 is 1.76 bits per heavy atom. The molecule has 2 aromatic carbocycles. The Balaban J connectivity index is 2.00. The number of alkyl carbamates (subject to hydrolysis) is 1. The lowest BCUT2D eigenvalue weighted by Crippen LogP contribution is -2.49. The van der Waals surface area contributed by atoms with Crippen LogP contribution in [0.3, 0.4) is 0 Å². The fourth-order valence-electron chi connectivity index (χ4n) is 2.68. The van der Waals surface area contributed by atoms with E-state index in [1.165, 1.54) is 12.1 Å². The molecule has 29 heavy (non-hydrogen) atoms. The zero-order valence-electron chi connectivity index (χ0n) is 16.8. The monoisotopic (exact) mass is 404 g/mol. The summed E-state index contributed by atoms with van der Waals surface area (Å²) in [5.41, 5.74) is 0.470. The Hall–Kier alpha value is -2.96. The third-order valence-electron chi connectivity index (χ3n) is 4.00. The summed E-state index contributed by atoms with van der Waals surface area (Å²) in [6.45, 7) is 5.34. The van der Waals surface area contributed by atoms with Crippen LogP contribution < -0.4 is 10.6 Å². The summed E-state index contributed by atoms with van der Waals surface area (Å²) in [7, 11) is 0. The molecule has 0 saturated carbocycles. The van der Waals surface area contributed by atoms with E-state index in [1.54, 1.807) is 20.8 Å². The number of nitrogens with one attached hydrogen (secondary N) is 2. The van der Waals surface area contributed by atoms with Crippen molar-refractivity contribution >= 4 is 12.0 Å². The first kappa shape index (κ1) is 22.3. The Labute approximate surface area is 169 Å². The number of carbonyl (C=O) groups excluding carboxylic acids is 2. The molecule has 2 amide bonds. The predicted molar refractivity (Wildman–Crippen MR) is 106 cm³/mol. The van der Waals surface area contributed by atoms with Gasteiger partial charge in [-0.1, -0.05) is 36.4 Å². The Morgan fingerprint density at radius 3 is 2.38 bits per heavy atom. The first-order valence-corrected chi connectivity index (χ1v) is 9.39. The molecule has 7 heteroatoms. The molecule has 0 saturated heterocycles. The summed E-state index contributed by atoms with van der Waals surface area (Å²) in [6, 6.07) is 11.7. The summed E-state index contributed by atoms with van der Waals surface area (Å²) in [6.07, 6.45) is -0.225. The van der Waals surface area contributed by atoms with E-state index in [0.717, 1.165) is 11.6 Å². The molecule has 0 aromatic heterocycles. The highest BCUT2D eigenvalue weighted by atomic mass is 19.1. The van der Waals surface area contributed by atoms with Crippen molar-refractivity contribution in [1.29, 1.82) is 0 Å². The lowest BCUT2D eigenvalue weighted by molar-refractivity contribution is -0.123. The number of hydrogen-bond donors (Lipinski definition) is 2. The van der Waals surface area contributed by atoms with E-state index in [9.17, 15) is 18.4 Å². The second kappa shape index (κ2) is 10.0. The summed E-state index contributed by atoms with van der Waals surface area (Å²) in [4.78, 5) is 24.8. The molecule has 0 unspecified atom stereocenters. The zero-order chi connectivity index (χ0) is 21.4. The van der Waals surface area contributed by atoms with Gasteiger partial charge in [-0.25, -0.2) is 13.6 Å². The minimum absolute atomic E-state index is 0.142. The molecular weight excluding hydrogens is 378 g/mol. The van der Waals surface area contributed by atoms with E-state index in [1.807, 2.05) is 30.3 Å². The van der Waals surface area contributed by atoms with Gasteiger partial charge in [0.05, 0.1) is 0 Å². The van der Waals surface area contributed by atoms with Gasteiger partial charge in [-0.05, 0) is 44.4 Å². The van der Waals surface area contributed by atoms with E-state index in [-0.39, 0.29) is 19.4 Å². The van der Waals surface area contributed by atoms with Gasteiger partial charge in [-0.3, -0.25) is 4.79 Å². The zero-order valence-corrected chi connectivity index (χ0v) is 16.8. The van der Waals surface area contributed by atoms with E-state index in [2.05, 4.69) is 10.6 Å². The molecule has 2 N–H and O–H groups in total. The van der Waals surface area contributed by atoms with Crippen LogP contribution in [0.25, 0.3) is 0 Å². The van der Waals surface area contributed by atoms with Crippen molar-refractivity contribution in [3.63, 3.8) is 0 Å². The van der Waals surface area contributed by atoms with Crippen molar-refractivity contribution in [1.82, 2.24) is 10.6 Å². The third-order valence-corrected chi connectivity index (χ3v) is 4.00. The van der Waals surface area contributed by atoms with Crippen LogP contribution in [-0.4, -0.2) is 30.2 Å². The van der Waals surface area contributed by atoms with Gasteiger partial charge in [0.25, 0.3) is 0 Å². The Morgan fingerprint density at radius 1 is 1.07 bits per heavy atom.